The fourth-order valence-electron chi connectivity index (χ4n) is 1.90. The average Bonchev–Trinajstić information content (AvgIpc) is 2.92. The molecule has 1 aromatic rings. The molecule has 0 spiro atoms. The fraction of sp³-hybridized carbons (Fsp3) is 0.462. The highest BCUT2D eigenvalue weighted by Gasteiger charge is 2.24. The number of carbonyl (C=O) groups is 1. The number of benzene rings is 1. The average molecular weight is 331 g/mol. The molecule has 0 bridgehead atoms. The van der Waals surface area contributed by atoms with E-state index in [9.17, 15) is 9.90 Å². The molecule has 1 saturated heterocycles. The molecule has 0 aliphatic carbocycles. The molecule has 0 radical (unpaired) electrons. The summed E-state index contributed by atoms with van der Waals surface area (Å²) in [5.41, 5.74) is 1.42. The van der Waals surface area contributed by atoms with E-state index in [1.165, 1.54) is 7.11 Å². The van der Waals surface area contributed by atoms with Gasteiger partial charge in [-0.3, -0.25) is 4.79 Å². The van der Waals surface area contributed by atoms with Crippen molar-refractivity contribution in [3.05, 3.63) is 33.8 Å². The summed E-state index contributed by atoms with van der Waals surface area (Å²) in [5, 5.41) is 10.1. The van der Waals surface area contributed by atoms with Gasteiger partial charge in [-0.05, 0) is 21.5 Å². The predicted octanol–water partition coefficient (Wildman–Crippen LogP) is 2.09. The zero-order valence-corrected chi connectivity index (χ0v) is 12.1. The largest absolute Gasteiger partial charge is 0.469 e. The molecule has 1 N–H and O–H groups in total. The Morgan fingerprint density at radius 1 is 1.53 bits per heavy atom. The number of methoxy groups -OCH3 is 1. The van der Waals surface area contributed by atoms with Crippen molar-refractivity contribution < 1.29 is 24.1 Å². The van der Waals surface area contributed by atoms with Crippen LogP contribution in [0.4, 0.5) is 0 Å². The predicted molar refractivity (Wildman–Crippen MR) is 70.4 cm³/mol. The molecule has 1 atom stereocenters. The van der Waals surface area contributed by atoms with Gasteiger partial charge < -0.3 is 19.3 Å². The number of aliphatic hydroxyl groups is 1. The van der Waals surface area contributed by atoms with Crippen molar-refractivity contribution in [2.45, 2.75) is 18.8 Å². The van der Waals surface area contributed by atoms with E-state index in [-0.39, 0.29) is 6.42 Å². The van der Waals surface area contributed by atoms with Crippen LogP contribution in [0, 0.1) is 0 Å². The normalized spacial score (nSPS) is 17.4. The first-order valence-electron chi connectivity index (χ1n) is 5.90. The number of ether oxygens (including phenoxy) is 3. The molecule has 0 aromatic heterocycles. The summed E-state index contributed by atoms with van der Waals surface area (Å²) >= 11 is 3.43. The van der Waals surface area contributed by atoms with Crippen LogP contribution in [-0.4, -0.2) is 31.4 Å². The lowest BCUT2D eigenvalue weighted by Crippen LogP contribution is -2.10. The van der Waals surface area contributed by atoms with Gasteiger partial charge in [-0.1, -0.05) is 18.2 Å². The molecule has 0 amide bonds. The molecule has 1 fully saturated rings. The summed E-state index contributed by atoms with van der Waals surface area (Å²) in [5.74, 6) is -0.460. The third-order valence-corrected chi connectivity index (χ3v) is 3.80. The van der Waals surface area contributed by atoms with Crippen LogP contribution in [0.2, 0.25) is 0 Å². The van der Waals surface area contributed by atoms with Crippen LogP contribution in [0.15, 0.2) is 22.7 Å². The Morgan fingerprint density at radius 2 is 2.21 bits per heavy atom. The maximum atomic E-state index is 11.2. The highest BCUT2D eigenvalue weighted by Crippen LogP contribution is 2.35. The molecule has 6 heteroatoms. The minimum Gasteiger partial charge on any atom is -0.469 e. The van der Waals surface area contributed by atoms with Crippen LogP contribution in [0.25, 0.3) is 0 Å². The quantitative estimate of drug-likeness (QED) is 0.856. The molecular formula is C13H15BrO5. The van der Waals surface area contributed by atoms with E-state index in [0.29, 0.717) is 23.2 Å². The van der Waals surface area contributed by atoms with E-state index < -0.39 is 18.4 Å². The van der Waals surface area contributed by atoms with Crippen molar-refractivity contribution in [2.75, 3.05) is 20.3 Å². The van der Waals surface area contributed by atoms with E-state index in [4.69, 9.17) is 9.47 Å². The fourth-order valence-corrected chi connectivity index (χ4v) is 2.61. The Labute approximate surface area is 119 Å². The lowest BCUT2D eigenvalue weighted by molar-refractivity contribution is -0.142. The summed E-state index contributed by atoms with van der Waals surface area (Å²) in [6.45, 7) is 1.10. The minimum absolute atomic E-state index is 0.0923. The number of rotatable bonds is 4. The monoisotopic (exact) mass is 330 g/mol. The topological polar surface area (TPSA) is 65.0 Å². The molecule has 1 heterocycles. The first-order valence-corrected chi connectivity index (χ1v) is 6.69. The molecule has 1 aliphatic rings. The third-order valence-electron chi connectivity index (χ3n) is 2.88. The van der Waals surface area contributed by atoms with Crippen LogP contribution in [0.3, 0.4) is 0 Å². The number of hydrogen-bond donors (Lipinski definition) is 1. The van der Waals surface area contributed by atoms with Gasteiger partial charge in [0.1, 0.15) is 0 Å². The zero-order valence-electron chi connectivity index (χ0n) is 10.5. The molecule has 104 valence electrons. The summed E-state index contributed by atoms with van der Waals surface area (Å²) in [7, 11) is 1.29. The Balaban J connectivity index is 2.21. The van der Waals surface area contributed by atoms with Crippen LogP contribution in [0.5, 0.6) is 0 Å². The van der Waals surface area contributed by atoms with E-state index >= 15 is 0 Å². The van der Waals surface area contributed by atoms with Gasteiger partial charge in [0.25, 0.3) is 0 Å². The molecule has 1 unspecified atom stereocenters. The molecular weight excluding hydrogens is 316 g/mol. The lowest BCUT2D eigenvalue weighted by Gasteiger charge is -2.17. The Hall–Kier alpha value is -0.950. The van der Waals surface area contributed by atoms with Gasteiger partial charge in [-0.25, -0.2) is 0 Å². The second-order valence-electron chi connectivity index (χ2n) is 4.12. The number of halogens is 1. The summed E-state index contributed by atoms with van der Waals surface area (Å²) in [6.07, 6.45) is -1.45. The van der Waals surface area contributed by atoms with Gasteiger partial charge >= 0.3 is 5.97 Å². The van der Waals surface area contributed by atoms with E-state index in [1.807, 2.05) is 6.07 Å². The van der Waals surface area contributed by atoms with Gasteiger partial charge in [0.05, 0.1) is 32.8 Å². The number of hydrogen-bond acceptors (Lipinski definition) is 5. The Bertz CT molecular complexity index is 456. The van der Waals surface area contributed by atoms with Crippen molar-refractivity contribution in [1.29, 1.82) is 0 Å². The van der Waals surface area contributed by atoms with E-state index in [2.05, 4.69) is 20.7 Å². The van der Waals surface area contributed by atoms with Crippen LogP contribution >= 0.6 is 15.9 Å². The molecule has 0 saturated carbocycles. The van der Waals surface area contributed by atoms with Gasteiger partial charge in [0, 0.05) is 10.0 Å². The molecule has 1 aliphatic heterocycles. The van der Waals surface area contributed by atoms with Crippen molar-refractivity contribution in [3.8, 4) is 0 Å². The van der Waals surface area contributed by atoms with Crippen molar-refractivity contribution in [2.24, 2.45) is 0 Å². The van der Waals surface area contributed by atoms with Gasteiger partial charge in [-0.2, -0.15) is 0 Å². The second kappa shape index (κ2) is 6.47. The first kappa shape index (κ1) is 14.5. The van der Waals surface area contributed by atoms with E-state index in [0.717, 1.165) is 5.56 Å². The third kappa shape index (κ3) is 3.33. The molecule has 2 rings (SSSR count). The smallest absolute Gasteiger partial charge is 0.308 e. The number of esters is 1. The summed E-state index contributed by atoms with van der Waals surface area (Å²) in [6, 6.07) is 5.39. The Kier molecular flexibility index (Phi) is 4.93. The van der Waals surface area contributed by atoms with Crippen LogP contribution < -0.4 is 0 Å². The van der Waals surface area contributed by atoms with Crippen molar-refractivity contribution in [1.82, 2.24) is 0 Å². The highest BCUT2D eigenvalue weighted by atomic mass is 79.9. The SMILES string of the molecule is COC(=O)CC(O)c1cccc(C2OCCO2)c1Br. The van der Waals surface area contributed by atoms with Gasteiger partial charge in [0.2, 0.25) is 0 Å². The lowest BCUT2D eigenvalue weighted by atomic mass is 10.0. The van der Waals surface area contributed by atoms with Crippen molar-refractivity contribution >= 4 is 21.9 Å². The zero-order chi connectivity index (χ0) is 13.8. The van der Waals surface area contributed by atoms with Gasteiger partial charge in [0.15, 0.2) is 6.29 Å². The minimum atomic E-state index is -0.928. The van der Waals surface area contributed by atoms with Crippen molar-refractivity contribution in [3.63, 3.8) is 0 Å². The standard InChI is InChI=1S/C13H15BrO5/c1-17-11(16)7-10(15)8-3-2-4-9(12(8)14)13-18-5-6-19-13/h2-4,10,13,15H,5-7H2,1H3. The van der Waals surface area contributed by atoms with Crippen LogP contribution in [0.1, 0.15) is 29.9 Å². The summed E-state index contributed by atoms with van der Waals surface area (Å²) < 4.78 is 16.1. The first-order chi connectivity index (χ1) is 9.13. The van der Waals surface area contributed by atoms with E-state index in [1.54, 1.807) is 12.1 Å². The van der Waals surface area contributed by atoms with Gasteiger partial charge in [-0.15, -0.1) is 0 Å². The maximum absolute atomic E-state index is 11.2. The maximum Gasteiger partial charge on any atom is 0.308 e. The number of aliphatic hydroxyl groups excluding tert-OH is 1. The number of carbonyl (C=O) groups excluding carboxylic acids is 1. The second-order valence-corrected chi connectivity index (χ2v) is 4.91. The Morgan fingerprint density at radius 3 is 2.84 bits per heavy atom. The molecule has 1 aromatic carbocycles. The molecule has 5 nitrogen and oxygen atoms in total. The highest BCUT2D eigenvalue weighted by molar-refractivity contribution is 9.10. The van der Waals surface area contributed by atoms with Crippen LogP contribution in [-0.2, 0) is 19.0 Å². The summed E-state index contributed by atoms with van der Waals surface area (Å²) in [4.78, 5) is 11.2. The molecule has 19 heavy (non-hydrogen) atoms.